The Balaban J connectivity index is 2.34. The summed E-state index contributed by atoms with van der Waals surface area (Å²) in [7, 11) is 0. The van der Waals surface area contributed by atoms with E-state index in [4.69, 9.17) is 14.9 Å². The summed E-state index contributed by atoms with van der Waals surface area (Å²) < 4.78 is 4.89. The monoisotopic (exact) mass is 238 g/mol. The second-order valence-corrected chi connectivity index (χ2v) is 3.53. The third-order valence-electron chi connectivity index (χ3n) is 2.15. The van der Waals surface area contributed by atoms with Gasteiger partial charge in [0, 0.05) is 0 Å². The number of aliphatic carboxylic acids is 1. The van der Waals surface area contributed by atoms with Crippen LogP contribution in [0.15, 0.2) is 24.3 Å². The van der Waals surface area contributed by atoms with Crippen LogP contribution in [-0.2, 0) is 27.5 Å². The van der Waals surface area contributed by atoms with Gasteiger partial charge in [-0.3, -0.25) is 9.59 Å². The molecule has 2 N–H and O–H groups in total. The second kappa shape index (κ2) is 6.65. The Bertz CT molecular complexity index is 382. The first-order chi connectivity index (χ1) is 8.11. The molecule has 0 aliphatic heterocycles. The molecule has 5 nitrogen and oxygen atoms in total. The number of carbonyl (C=O) groups is 2. The first kappa shape index (κ1) is 13.2. The number of aliphatic hydroxyl groups is 1. The van der Waals surface area contributed by atoms with E-state index in [1.165, 1.54) is 0 Å². The number of benzene rings is 1. The molecule has 0 aromatic heterocycles. The second-order valence-electron chi connectivity index (χ2n) is 3.53. The molecule has 1 aromatic carbocycles. The number of hydrogen-bond acceptors (Lipinski definition) is 4. The quantitative estimate of drug-likeness (QED) is 0.725. The molecule has 0 aliphatic carbocycles. The van der Waals surface area contributed by atoms with E-state index in [0.29, 0.717) is 0 Å². The van der Waals surface area contributed by atoms with E-state index in [-0.39, 0.29) is 26.1 Å². The zero-order chi connectivity index (χ0) is 12.7. The normalized spacial score (nSPS) is 9.94. The molecule has 0 radical (unpaired) electrons. The molecule has 0 spiro atoms. The SMILES string of the molecule is O=C(O)CCC(=O)OCc1ccc(CO)cc1. The van der Waals surface area contributed by atoms with Crippen molar-refractivity contribution in [3.63, 3.8) is 0 Å². The van der Waals surface area contributed by atoms with E-state index in [1.54, 1.807) is 24.3 Å². The Hall–Kier alpha value is -1.88. The van der Waals surface area contributed by atoms with Crippen molar-refractivity contribution < 1.29 is 24.5 Å². The molecule has 17 heavy (non-hydrogen) atoms. The van der Waals surface area contributed by atoms with Crippen molar-refractivity contribution in [3.05, 3.63) is 35.4 Å². The number of hydrogen-bond donors (Lipinski definition) is 2. The molecule has 5 heteroatoms. The predicted molar refractivity (Wildman–Crippen MR) is 59.0 cm³/mol. The summed E-state index contributed by atoms with van der Waals surface area (Å²) in [4.78, 5) is 21.3. The van der Waals surface area contributed by atoms with Crippen LogP contribution < -0.4 is 0 Å². The maximum Gasteiger partial charge on any atom is 0.306 e. The molecule has 0 amide bonds. The van der Waals surface area contributed by atoms with Crippen molar-refractivity contribution in [2.24, 2.45) is 0 Å². The van der Waals surface area contributed by atoms with E-state index in [2.05, 4.69) is 0 Å². The van der Waals surface area contributed by atoms with Crippen molar-refractivity contribution >= 4 is 11.9 Å². The first-order valence-corrected chi connectivity index (χ1v) is 5.18. The molecule has 0 fully saturated rings. The van der Waals surface area contributed by atoms with Gasteiger partial charge < -0.3 is 14.9 Å². The summed E-state index contributed by atoms with van der Waals surface area (Å²) in [5.41, 5.74) is 1.58. The van der Waals surface area contributed by atoms with Crippen LogP contribution in [0, 0.1) is 0 Å². The van der Waals surface area contributed by atoms with Crippen LogP contribution in [0.3, 0.4) is 0 Å². The average molecular weight is 238 g/mol. The Morgan fingerprint density at radius 3 is 2.18 bits per heavy atom. The maximum atomic E-state index is 11.1. The third kappa shape index (κ3) is 5.12. The zero-order valence-electron chi connectivity index (χ0n) is 9.26. The zero-order valence-corrected chi connectivity index (χ0v) is 9.26. The van der Waals surface area contributed by atoms with Gasteiger partial charge in [0.05, 0.1) is 19.4 Å². The first-order valence-electron chi connectivity index (χ1n) is 5.18. The lowest BCUT2D eigenvalue weighted by atomic mass is 10.1. The number of carboxylic acid groups (broad SMARTS) is 1. The Labute approximate surface area is 98.6 Å². The minimum absolute atomic E-state index is 0.0291. The summed E-state index contributed by atoms with van der Waals surface area (Å²) >= 11 is 0. The lowest BCUT2D eigenvalue weighted by Crippen LogP contribution is -2.07. The molecular formula is C12H14O5. The van der Waals surface area contributed by atoms with E-state index < -0.39 is 11.9 Å². The molecule has 92 valence electrons. The predicted octanol–water partition coefficient (Wildman–Crippen LogP) is 1.09. The minimum atomic E-state index is -1.02. The molecule has 0 aliphatic rings. The minimum Gasteiger partial charge on any atom is -0.481 e. The standard InChI is InChI=1S/C12H14O5/c13-7-9-1-3-10(4-2-9)8-17-12(16)6-5-11(14)15/h1-4,13H,5-8H2,(H,14,15). The smallest absolute Gasteiger partial charge is 0.306 e. The van der Waals surface area contributed by atoms with Crippen LogP contribution >= 0.6 is 0 Å². The number of carboxylic acids is 1. The highest BCUT2D eigenvalue weighted by Gasteiger charge is 2.06. The molecule has 1 aromatic rings. The van der Waals surface area contributed by atoms with Gasteiger partial charge in [-0.05, 0) is 11.1 Å². The van der Waals surface area contributed by atoms with Gasteiger partial charge in [-0.15, -0.1) is 0 Å². The molecule has 0 atom stereocenters. The molecule has 0 bridgehead atoms. The fourth-order valence-electron chi connectivity index (χ4n) is 1.19. The van der Waals surface area contributed by atoms with Gasteiger partial charge in [-0.25, -0.2) is 0 Å². The molecule has 0 unspecified atom stereocenters. The molecule has 1 rings (SSSR count). The summed E-state index contributed by atoms with van der Waals surface area (Å²) in [5, 5.41) is 17.2. The highest BCUT2D eigenvalue weighted by molar-refractivity contribution is 5.76. The Morgan fingerprint density at radius 2 is 1.65 bits per heavy atom. The highest BCUT2D eigenvalue weighted by atomic mass is 16.5. The van der Waals surface area contributed by atoms with Crippen molar-refractivity contribution in [1.29, 1.82) is 0 Å². The fourth-order valence-corrected chi connectivity index (χ4v) is 1.19. The number of esters is 1. The maximum absolute atomic E-state index is 11.1. The van der Waals surface area contributed by atoms with Crippen LogP contribution in [0.2, 0.25) is 0 Å². The van der Waals surface area contributed by atoms with Gasteiger partial charge >= 0.3 is 11.9 Å². The van der Waals surface area contributed by atoms with E-state index >= 15 is 0 Å². The van der Waals surface area contributed by atoms with Crippen molar-refractivity contribution in [2.45, 2.75) is 26.1 Å². The van der Waals surface area contributed by atoms with Gasteiger partial charge in [0.2, 0.25) is 0 Å². The lowest BCUT2D eigenvalue weighted by molar-refractivity contribution is -0.148. The molecular weight excluding hydrogens is 224 g/mol. The van der Waals surface area contributed by atoms with Crippen LogP contribution in [-0.4, -0.2) is 22.2 Å². The average Bonchev–Trinajstić information content (AvgIpc) is 2.34. The van der Waals surface area contributed by atoms with E-state index in [1.807, 2.05) is 0 Å². The highest BCUT2D eigenvalue weighted by Crippen LogP contribution is 2.06. The largest absolute Gasteiger partial charge is 0.481 e. The van der Waals surface area contributed by atoms with Gasteiger partial charge in [0.1, 0.15) is 6.61 Å². The topological polar surface area (TPSA) is 83.8 Å². The number of aliphatic hydroxyl groups excluding tert-OH is 1. The van der Waals surface area contributed by atoms with Gasteiger partial charge in [0.15, 0.2) is 0 Å². The van der Waals surface area contributed by atoms with Crippen LogP contribution in [0.25, 0.3) is 0 Å². The van der Waals surface area contributed by atoms with E-state index in [0.717, 1.165) is 11.1 Å². The molecule has 0 saturated heterocycles. The van der Waals surface area contributed by atoms with Crippen LogP contribution in [0.4, 0.5) is 0 Å². The lowest BCUT2D eigenvalue weighted by Gasteiger charge is -2.04. The molecule has 0 saturated carbocycles. The summed E-state index contributed by atoms with van der Waals surface area (Å²) in [6.07, 6.45) is -0.341. The summed E-state index contributed by atoms with van der Waals surface area (Å²) in [6.45, 7) is 0.0862. The van der Waals surface area contributed by atoms with Gasteiger partial charge in [-0.2, -0.15) is 0 Å². The third-order valence-corrected chi connectivity index (χ3v) is 2.15. The van der Waals surface area contributed by atoms with Gasteiger partial charge in [-0.1, -0.05) is 24.3 Å². The number of carbonyl (C=O) groups excluding carboxylic acids is 1. The van der Waals surface area contributed by atoms with Crippen molar-refractivity contribution in [2.75, 3.05) is 0 Å². The summed E-state index contributed by atoms with van der Waals surface area (Å²) in [6, 6.07) is 6.97. The van der Waals surface area contributed by atoms with Crippen LogP contribution in [0.1, 0.15) is 24.0 Å². The Morgan fingerprint density at radius 1 is 1.06 bits per heavy atom. The fraction of sp³-hybridized carbons (Fsp3) is 0.333. The number of rotatable bonds is 6. The van der Waals surface area contributed by atoms with Crippen LogP contribution in [0.5, 0.6) is 0 Å². The van der Waals surface area contributed by atoms with Crippen molar-refractivity contribution in [1.82, 2.24) is 0 Å². The number of ether oxygens (including phenoxy) is 1. The van der Waals surface area contributed by atoms with E-state index in [9.17, 15) is 9.59 Å². The Kier molecular flexibility index (Phi) is 5.16. The molecule has 0 heterocycles. The summed E-state index contributed by atoms with van der Waals surface area (Å²) in [5.74, 6) is -1.55. The van der Waals surface area contributed by atoms with Crippen molar-refractivity contribution in [3.8, 4) is 0 Å². The van der Waals surface area contributed by atoms with Gasteiger partial charge in [0.25, 0.3) is 0 Å².